The summed E-state index contributed by atoms with van der Waals surface area (Å²) < 4.78 is 12.6. The number of rotatable bonds is 18. The first kappa shape index (κ1) is 29.9. The van der Waals surface area contributed by atoms with Gasteiger partial charge in [0.1, 0.15) is 12.3 Å². The summed E-state index contributed by atoms with van der Waals surface area (Å²) >= 11 is 0. The minimum atomic E-state index is -0.581. The number of unbranched alkanes of at least 4 members (excludes halogenated alkanes) is 6. The van der Waals surface area contributed by atoms with Gasteiger partial charge in [0.25, 0.3) is 0 Å². The first-order chi connectivity index (χ1) is 17.4. The Balaban J connectivity index is 1.88. The van der Waals surface area contributed by atoms with Gasteiger partial charge in [0.05, 0.1) is 14.1 Å². The Labute approximate surface area is 220 Å². The van der Waals surface area contributed by atoms with Crippen LogP contribution in [0.3, 0.4) is 0 Å². The molecule has 0 saturated heterocycles. The van der Waals surface area contributed by atoms with E-state index in [1.165, 1.54) is 56.1 Å². The standard InChI is InChI=1S/C32H50NO3/c1-6-9-10-11-12-13-15-19-27-22-24-29(25-23-27)35-31(8-3)36-32(34)30(18-7-2)33(4,5)26-28-20-16-14-17-21-28/h14,16-17,20-25,30-31H,6-13,15,18-19,26H2,1-5H3/q+1. The van der Waals surface area contributed by atoms with Crippen molar-refractivity contribution >= 4 is 5.97 Å². The number of benzene rings is 2. The van der Waals surface area contributed by atoms with E-state index in [-0.39, 0.29) is 12.0 Å². The van der Waals surface area contributed by atoms with E-state index in [0.717, 1.165) is 31.6 Å². The van der Waals surface area contributed by atoms with Crippen LogP contribution < -0.4 is 4.74 Å². The molecule has 2 atom stereocenters. The van der Waals surface area contributed by atoms with Crippen LogP contribution in [0.5, 0.6) is 5.75 Å². The zero-order valence-corrected chi connectivity index (χ0v) is 23.5. The Hall–Kier alpha value is -2.33. The average molecular weight is 497 g/mol. The van der Waals surface area contributed by atoms with Crippen LogP contribution in [0.4, 0.5) is 0 Å². The van der Waals surface area contributed by atoms with Crippen molar-refractivity contribution in [1.82, 2.24) is 0 Å². The molecule has 4 nitrogen and oxygen atoms in total. The summed E-state index contributed by atoms with van der Waals surface area (Å²) in [6, 6.07) is 18.4. The summed E-state index contributed by atoms with van der Waals surface area (Å²) in [6.07, 6.45) is 12.1. The number of esters is 1. The van der Waals surface area contributed by atoms with Gasteiger partial charge in [-0.2, -0.15) is 0 Å². The Morgan fingerprint density at radius 3 is 2.03 bits per heavy atom. The molecule has 0 saturated carbocycles. The zero-order valence-electron chi connectivity index (χ0n) is 23.5. The van der Waals surface area contributed by atoms with Crippen molar-refractivity contribution in [2.45, 2.75) is 110 Å². The van der Waals surface area contributed by atoms with E-state index < -0.39 is 6.29 Å². The largest absolute Gasteiger partial charge is 0.455 e. The lowest BCUT2D eigenvalue weighted by atomic mass is 10.0. The van der Waals surface area contributed by atoms with Crippen molar-refractivity contribution in [1.29, 1.82) is 0 Å². The van der Waals surface area contributed by atoms with Crippen LogP contribution in [0, 0.1) is 0 Å². The molecule has 0 aromatic heterocycles. The molecule has 2 aromatic rings. The molecule has 0 N–H and O–H groups in total. The maximum absolute atomic E-state index is 13.3. The van der Waals surface area contributed by atoms with Crippen LogP contribution in [0.2, 0.25) is 0 Å². The molecular weight excluding hydrogens is 446 g/mol. The lowest BCUT2D eigenvalue weighted by Gasteiger charge is -2.37. The topological polar surface area (TPSA) is 35.5 Å². The highest BCUT2D eigenvalue weighted by atomic mass is 16.7. The second-order valence-electron chi connectivity index (χ2n) is 10.6. The number of hydrogen-bond acceptors (Lipinski definition) is 3. The van der Waals surface area contributed by atoms with Gasteiger partial charge in [-0.15, -0.1) is 0 Å². The molecule has 0 bridgehead atoms. The molecule has 36 heavy (non-hydrogen) atoms. The third-order valence-corrected chi connectivity index (χ3v) is 6.95. The second kappa shape index (κ2) is 16.4. The summed E-state index contributed by atoms with van der Waals surface area (Å²) in [5.74, 6) is 0.572. The van der Waals surface area contributed by atoms with Crippen molar-refractivity contribution in [3.8, 4) is 5.75 Å². The first-order valence-electron chi connectivity index (χ1n) is 14.2. The maximum atomic E-state index is 13.3. The highest BCUT2D eigenvalue weighted by Gasteiger charge is 2.37. The van der Waals surface area contributed by atoms with E-state index in [1.54, 1.807) is 0 Å². The second-order valence-corrected chi connectivity index (χ2v) is 10.6. The predicted octanol–water partition coefficient (Wildman–Crippen LogP) is 8.08. The number of quaternary nitrogens is 1. The van der Waals surface area contributed by atoms with Gasteiger partial charge >= 0.3 is 5.97 Å². The maximum Gasteiger partial charge on any atom is 0.368 e. The Bertz CT molecular complexity index is 847. The Morgan fingerprint density at radius 2 is 1.42 bits per heavy atom. The molecule has 0 fully saturated rings. The third kappa shape index (κ3) is 10.7. The minimum absolute atomic E-state index is 0.180. The van der Waals surface area contributed by atoms with Gasteiger partial charge in [0, 0.05) is 18.4 Å². The van der Waals surface area contributed by atoms with Crippen LogP contribution in [0.25, 0.3) is 0 Å². The summed E-state index contributed by atoms with van der Waals surface area (Å²) in [4.78, 5) is 13.3. The Morgan fingerprint density at radius 1 is 0.778 bits per heavy atom. The number of hydrogen-bond donors (Lipinski definition) is 0. The number of carbonyl (C=O) groups is 1. The smallest absolute Gasteiger partial charge is 0.368 e. The van der Waals surface area contributed by atoms with Crippen molar-refractivity contribution < 1.29 is 18.8 Å². The lowest BCUT2D eigenvalue weighted by molar-refractivity contribution is -0.920. The van der Waals surface area contributed by atoms with Crippen LogP contribution in [-0.2, 0) is 22.5 Å². The van der Waals surface area contributed by atoms with Crippen LogP contribution >= 0.6 is 0 Å². The fourth-order valence-corrected chi connectivity index (χ4v) is 4.76. The van der Waals surface area contributed by atoms with Crippen molar-refractivity contribution in [3.63, 3.8) is 0 Å². The van der Waals surface area contributed by atoms with Gasteiger partial charge in [0.15, 0.2) is 6.04 Å². The predicted molar refractivity (Wildman–Crippen MR) is 150 cm³/mol. The van der Waals surface area contributed by atoms with Gasteiger partial charge in [-0.25, -0.2) is 4.79 Å². The summed E-state index contributed by atoms with van der Waals surface area (Å²) in [5.41, 5.74) is 2.56. The van der Waals surface area contributed by atoms with Gasteiger partial charge in [-0.3, -0.25) is 0 Å². The normalized spacial score (nSPS) is 13.2. The van der Waals surface area contributed by atoms with Gasteiger partial charge in [-0.05, 0) is 37.0 Å². The summed E-state index contributed by atoms with van der Waals surface area (Å²) in [7, 11) is 4.22. The molecule has 2 rings (SSSR count). The molecule has 4 heteroatoms. The number of nitrogens with zero attached hydrogens (tertiary/aromatic N) is 1. The molecule has 2 aromatic carbocycles. The summed E-state index contributed by atoms with van der Waals surface area (Å²) in [6.45, 7) is 7.14. The van der Waals surface area contributed by atoms with Crippen molar-refractivity contribution in [2.75, 3.05) is 14.1 Å². The van der Waals surface area contributed by atoms with Gasteiger partial charge in [0.2, 0.25) is 6.29 Å². The molecule has 0 aliphatic carbocycles. The molecule has 0 heterocycles. The lowest BCUT2D eigenvalue weighted by Crippen LogP contribution is -2.53. The molecule has 0 spiro atoms. The quantitative estimate of drug-likeness (QED) is 0.0905. The van der Waals surface area contributed by atoms with Gasteiger partial charge in [-0.1, -0.05) is 102 Å². The van der Waals surface area contributed by atoms with Crippen molar-refractivity contribution in [2.24, 2.45) is 0 Å². The molecule has 0 aliphatic heterocycles. The zero-order chi connectivity index (χ0) is 26.2. The van der Waals surface area contributed by atoms with E-state index in [4.69, 9.17) is 9.47 Å². The minimum Gasteiger partial charge on any atom is -0.455 e. The SMILES string of the molecule is CCCCCCCCCc1ccc(OC(CC)OC(=O)C(CCC)[N+](C)(C)Cc2ccccc2)cc1. The van der Waals surface area contributed by atoms with E-state index in [2.05, 4.69) is 52.2 Å². The molecule has 0 amide bonds. The fourth-order valence-electron chi connectivity index (χ4n) is 4.76. The van der Waals surface area contributed by atoms with Gasteiger partial charge < -0.3 is 14.0 Å². The number of likely N-dealkylation sites (N-methyl/N-ethyl adjacent to an activating group) is 1. The van der Waals surface area contributed by atoms with Crippen LogP contribution in [0.1, 0.15) is 96.1 Å². The van der Waals surface area contributed by atoms with Crippen LogP contribution in [0.15, 0.2) is 54.6 Å². The van der Waals surface area contributed by atoms with Crippen LogP contribution in [-0.4, -0.2) is 36.9 Å². The van der Waals surface area contributed by atoms with E-state index in [9.17, 15) is 4.79 Å². The van der Waals surface area contributed by atoms with Crippen molar-refractivity contribution in [3.05, 3.63) is 65.7 Å². The first-order valence-corrected chi connectivity index (χ1v) is 14.2. The Kier molecular flexibility index (Phi) is 13.6. The monoisotopic (exact) mass is 496 g/mol. The average Bonchev–Trinajstić information content (AvgIpc) is 2.87. The highest BCUT2D eigenvalue weighted by Crippen LogP contribution is 2.22. The van der Waals surface area contributed by atoms with E-state index in [0.29, 0.717) is 10.9 Å². The fraction of sp³-hybridized carbons (Fsp3) is 0.594. The molecule has 200 valence electrons. The molecule has 2 unspecified atom stereocenters. The third-order valence-electron chi connectivity index (χ3n) is 6.95. The summed E-state index contributed by atoms with van der Waals surface area (Å²) in [5, 5.41) is 0. The van der Waals surface area contributed by atoms with E-state index in [1.807, 2.05) is 37.3 Å². The molecule has 0 aliphatic rings. The number of carbonyl (C=O) groups excluding carboxylic acids is 1. The van der Waals surface area contributed by atoms with E-state index >= 15 is 0 Å². The molecular formula is C32H50NO3+. The number of ether oxygens (including phenoxy) is 2. The highest BCUT2D eigenvalue weighted by molar-refractivity contribution is 5.74. The molecule has 0 radical (unpaired) electrons. The number of aryl methyl sites for hydroxylation is 1.